The van der Waals surface area contributed by atoms with Gasteiger partial charge in [-0.15, -0.1) is 0 Å². The summed E-state index contributed by atoms with van der Waals surface area (Å²) in [5, 5.41) is 0. The molecule has 3 heteroatoms. The summed E-state index contributed by atoms with van der Waals surface area (Å²) in [6.07, 6.45) is 9.86. The Morgan fingerprint density at radius 2 is 1.40 bits per heavy atom. The molecule has 2 aromatic carbocycles. The minimum Gasteiger partial charge on any atom is -0.490 e. The van der Waals surface area contributed by atoms with Gasteiger partial charge in [0.05, 0.1) is 0 Å². The number of unbranched alkanes of at least 4 members (excludes halogenated alkanes) is 5. The fourth-order valence-electron chi connectivity index (χ4n) is 3.39. The molecule has 0 aliphatic carbocycles. The molecule has 0 radical (unpaired) electrons. The van der Waals surface area contributed by atoms with Gasteiger partial charge in [0.2, 0.25) is 0 Å². The van der Waals surface area contributed by atoms with E-state index in [0.717, 1.165) is 25.0 Å². The topological polar surface area (TPSA) is 35.5 Å². The zero-order valence-electron chi connectivity index (χ0n) is 19.0. The summed E-state index contributed by atoms with van der Waals surface area (Å²) in [7, 11) is 0. The zero-order chi connectivity index (χ0) is 21.6. The molecule has 0 fully saturated rings. The molecular weight excluding hydrogens is 372 g/mol. The zero-order valence-corrected chi connectivity index (χ0v) is 19.0. The Hall–Kier alpha value is -2.29. The van der Waals surface area contributed by atoms with Crippen LogP contribution in [0.3, 0.4) is 0 Å². The molecule has 1 unspecified atom stereocenters. The summed E-state index contributed by atoms with van der Waals surface area (Å²) in [4.78, 5) is 11.7. The average molecular weight is 411 g/mol. The van der Waals surface area contributed by atoms with Gasteiger partial charge in [-0.2, -0.15) is 0 Å². The molecule has 0 aliphatic rings. The van der Waals surface area contributed by atoms with E-state index < -0.39 is 0 Å². The van der Waals surface area contributed by atoms with Crippen molar-refractivity contribution >= 4 is 5.97 Å². The van der Waals surface area contributed by atoms with Gasteiger partial charge >= 0.3 is 5.97 Å². The third-order valence-corrected chi connectivity index (χ3v) is 5.26. The van der Waals surface area contributed by atoms with Gasteiger partial charge in [0, 0.05) is 6.42 Å². The highest BCUT2D eigenvalue weighted by Crippen LogP contribution is 2.23. The largest absolute Gasteiger partial charge is 0.490 e. The lowest BCUT2D eigenvalue weighted by molar-refractivity contribution is -0.149. The van der Waals surface area contributed by atoms with Crippen LogP contribution in [0.4, 0.5) is 0 Å². The van der Waals surface area contributed by atoms with Crippen molar-refractivity contribution in [3.05, 3.63) is 54.1 Å². The van der Waals surface area contributed by atoms with Crippen molar-refractivity contribution in [1.82, 2.24) is 0 Å². The molecule has 0 heterocycles. The summed E-state index contributed by atoms with van der Waals surface area (Å²) >= 11 is 0. The maximum Gasteiger partial charge on any atom is 0.306 e. The van der Waals surface area contributed by atoms with Crippen LogP contribution < -0.4 is 4.74 Å². The lowest BCUT2D eigenvalue weighted by Gasteiger charge is -2.14. The number of hydrogen-bond donors (Lipinski definition) is 0. The predicted octanol–water partition coefficient (Wildman–Crippen LogP) is 7.37. The molecule has 0 amide bonds. The van der Waals surface area contributed by atoms with Crippen LogP contribution in [0.1, 0.15) is 77.7 Å². The lowest BCUT2D eigenvalue weighted by atomic mass is 10.0. The first-order valence-corrected chi connectivity index (χ1v) is 11.6. The van der Waals surface area contributed by atoms with Gasteiger partial charge in [-0.25, -0.2) is 0 Å². The predicted molar refractivity (Wildman–Crippen MR) is 125 cm³/mol. The maximum absolute atomic E-state index is 11.7. The smallest absolute Gasteiger partial charge is 0.306 e. The second-order valence-corrected chi connectivity index (χ2v) is 8.10. The molecule has 2 rings (SSSR count). The quantitative estimate of drug-likeness (QED) is 0.241. The first-order chi connectivity index (χ1) is 14.6. The van der Waals surface area contributed by atoms with E-state index in [2.05, 4.69) is 50.2 Å². The van der Waals surface area contributed by atoms with Crippen LogP contribution in [-0.2, 0) is 16.0 Å². The van der Waals surface area contributed by atoms with Crippen LogP contribution in [0.2, 0.25) is 0 Å². The van der Waals surface area contributed by atoms with Crippen molar-refractivity contribution in [2.75, 3.05) is 6.61 Å². The van der Waals surface area contributed by atoms with Crippen LogP contribution >= 0.6 is 0 Å². The SMILES string of the molecule is CCCCCCCc1ccc(-c2ccc(OCC(C)OC(=O)CCCC)cc2)cc1. The van der Waals surface area contributed by atoms with E-state index in [9.17, 15) is 4.79 Å². The molecule has 0 N–H and O–H groups in total. The maximum atomic E-state index is 11.7. The van der Waals surface area contributed by atoms with Crippen molar-refractivity contribution in [3.8, 4) is 16.9 Å². The van der Waals surface area contributed by atoms with E-state index in [1.54, 1.807) is 0 Å². The highest BCUT2D eigenvalue weighted by molar-refractivity contribution is 5.69. The Kier molecular flexibility index (Phi) is 11.1. The molecule has 0 spiro atoms. The van der Waals surface area contributed by atoms with Gasteiger partial charge in [-0.05, 0) is 55.0 Å². The number of aryl methyl sites for hydroxylation is 1. The van der Waals surface area contributed by atoms with Gasteiger partial charge in [0.15, 0.2) is 0 Å². The Bertz CT molecular complexity index is 719. The van der Waals surface area contributed by atoms with Crippen LogP contribution in [0.25, 0.3) is 11.1 Å². The summed E-state index contributed by atoms with van der Waals surface area (Å²) in [5.41, 5.74) is 3.81. The normalized spacial score (nSPS) is 11.8. The Morgan fingerprint density at radius 3 is 2.03 bits per heavy atom. The van der Waals surface area contributed by atoms with Crippen molar-refractivity contribution < 1.29 is 14.3 Å². The van der Waals surface area contributed by atoms with Crippen molar-refractivity contribution in [1.29, 1.82) is 0 Å². The molecule has 0 aromatic heterocycles. The van der Waals surface area contributed by atoms with Crippen LogP contribution in [0.5, 0.6) is 5.75 Å². The van der Waals surface area contributed by atoms with Crippen LogP contribution in [0.15, 0.2) is 48.5 Å². The number of rotatable bonds is 14. The van der Waals surface area contributed by atoms with E-state index >= 15 is 0 Å². The lowest BCUT2D eigenvalue weighted by Crippen LogP contribution is -2.21. The van der Waals surface area contributed by atoms with Crippen LogP contribution in [-0.4, -0.2) is 18.7 Å². The number of ether oxygens (including phenoxy) is 2. The number of esters is 1. The van der Waals surface area contributed by atoms with Crippen molar-refractivity contribution in [2.45, 2.75) is 84.7 Å². The van der Waals surface area contributed by atoms with E-state index in [4.69, 9.17) is 9.47 Å². The molecular formula is C27H38O3. The molecule has 0 saturated heterocycles. The monoisotopic (exact) mass is 410 g/mol. The molecule has 0 saturated carbocycles. The average Bonchev–Trinajstić information content (AvgIpc) is 2.77. The second-order valence-electron chi connectivity index (χ2n) is 8.10. The fraction of sp³-hybridized carbons (Fsp3) is 0.519. The molecule has 164 valence electrons. The number of carbonyl (C=O) groups is 1. The summed E-state index contributed by atoms with van der Waals surface area (Å²) in [5.74, 6) is 0.645. The summed E-state index contributed by atoms with van der Waals surface area (Å²) in [6.45, 7) is 6.55. The number of hydrogen-bond acceptors (Lipinski definition) is 3. The highest BCUT2D eigenvalue weighted by atomic mass is 16.6. The van der Waals surface area contributed by atoms with E-state index in [-0.39, 0.29) is 12.1 Å². The van der Waals surface area contributed by atoms with Crippen molar-refractivity contribution in [2.24, 2.45) is 0 Å². The van der Waals surface area contributed by atoms with Gasteiger partial charge in [-0.1, -0.05) is 82.3 Å². The Morgan fingerprint density at radius 1 is 0.800 bits per heavy atom. The number of carbonyl (C=O) groups excluding carboxylic acids is 1. The Balaban J connectivity index is 1.77. The summed E-state index contributed by atoms with van der Waals surface area (Å²) in [6, 6.07) is 17.0. The Labute approximate surface area is 182 Å². The molecule has 0 aliphatic heterocycles. The van der Waals surface area contributed by atoms with E-state index in [0.29, 0.717) is 13.0 Å². The van der Waals surface area contributed by atoms with Gasteiger partial charge < -0.3 is 9.47 Å². The third kappa shape index (κ3) is 9.02. The highest BCUT2D eigenvalue weighted by Gasteiger charge is 2.10. The molecule has 3 nitrogen and oxygen atoms in total. The van der Waals surface area contributed by atoms with Crippen molar-refractivity contribution in [3.63, 3.8) is 0 Å². The third-order valence-electron chi connectivity index (χ3n) is 5.26. The van der Waals surface area contributed by atoms with E-state index in [1.807, 2.05) is 19.1 Å². The minimum absolute atomic E-state index is 0.146. The first-order valence-electron chi connectivity index (χ1n) is 11.6. The van der Waals surface area contributed by atoms with Gasteiger partial charge in [0.1, 0.15) is 18.5 Å². The van der Waals surface area contributed by atoms with Gasteiger partial charge in [0.25, 0.3) is 0 Å². The first kappa shape index (κ1) is 24.0. The summed E-state index contributed by atoms with van der Waals surface area (Å²) < 4.78 is 11.1. The standard InChI is InChI=1S/C27H38O3/c1-4-6-8-9-10-11-23-13-15-24(16-14-23)25-17-19-26(20-18-25)29-21-22(3)30-27(28)12-7-5-2/h13-20,22H,4-12,21H2,1-3H3. The molecule has 0 bridgehead atoms. The molecule has 1 atom stereocenters. The second kappa shape index (κ2) is 13.8. The molecule has 2 aromatic rings. The van der Waals surface area contributed by atoms with Crippen LogP contribution in [0, 0.1) is 0 Å². The number of benzene rings is 2. The minimum atomic E-state index is -0.247. The van der Waals surface area contributed by atoms with Gasteiger partial charge in [-0.3, -0.25) is 4.79 Å². The fourth-order valence-corrected chi connectivity index (χ4v) is 3.39. The van der Waals surface area contributed by atoms with E-state index in [1.165, 1.54) is 48.8 Å². The molecule has 30 heavy (non-hydrogen) atoms.